The van der Waals surface area contributed by atoms with E-state index in [9.17, 15) is 9.59 Å². The van der Waals surface area contributed by atoms with Gasteiger partial charge in [0.2, 0.25) is 0 Å². The Labute approximate surface area is 326 Å². The van der Waals surface area contributed by atoms with Gasteiger partial charge in [0.05, 0.1) is 0 Å². The van der Waals surface area contributed by atoms with E-state index in [1.807, 2.05) is 106 Å². The van der Waals surface area contributed by atoms with Gasteiger partial charge in [-0.3, -0.25) is 9.59 Å². The minimum atomic E-state index is -0.648. The van der Waals surface area contributed by atoms with E-state index in [-0.39, 0.29) is 38.4 Å². The number of esters is 2. The molecular weight excluding hydrogens is 693 g/mol. The fraction of sp³-hybridized carbons (Fsp3) is 0.404. The molecule has 292 valence electrons. The smallest absolute Gasteiger partial charge is 0.306 e. The van der Waals surface area contributed by atoms with Crippen LogP contribution >= 0.6 is 0 Å². The fourth-order valence-corrected chi connectivity index (χ4v) is 6.43. The highest BCUT2D eigenvalue weighted by Gasteiger charge is 2.23. The van der Waals surface area contributed by atoms with Crippen molar-refractivity contribution in [3.05, 3.63) is 108 Å². The molecule has 0 spiro atoms. The van der Waals surface area contributed by atoms with Gasteiger partial charge in [-0.1, -0.05) is 106 Å². The van der Waals surface area contributed by atoms with Gasteiger partial charge in [0.15, 0.2) is 12.2 Å². The van der Waals surface area contributed by atoms with Crippen molar-refractivity contribution in [3.8, 4) is 23.0 Å². The third-order valence-electron chi connectivity index (χ3n) is 9.32. The third-order valence-corrected chi connectivity index (χ3v) is 9.32. The van der Waals surface area contributed by atoms with Gasteiger partial charge >= 0.3 is 11.9 Å². The second-order valence-corrected chi connectivity index (χ2v) is 14.3. The molecule has 0 N–H and O–H groups in total. The molecule has 55 heavy (non-hydrogen) atoms. The minimum Gasteiger partial charge on any atom is -0.490 e. The molecule has 0 heterocycles. The second kappa shape index (κ2) is 21.0. The summed E-state index contributed by atoms with van der Waals surface area (Å²) in [4.78, 5) is 25.9. The topological polar surface area (TPSA) is 89.5 Å². The van der Waals surface area contributed by atoms with Crippen LogP contribution in [0.5, 0.6) is 23.0 Å². The van der Waals surface area contributed by atoms with Crippen molar-refractivity contribution in [3.63, 3.8) is 0 Å². The van der Waals surface area contributed by atoms with Crippen LogP contribution in [0.1, 0.15) is 81.9 Å². The minimum absolute atomic E-state index is 0.0882. The molecule has 0 aliphatic rings. The van der Waals surface area contributed by atoms with Gasteiger partial charge in [0.25, 0.3) is 0 Å². The molecule has 8 heteroatoms. The predicted molar refractivity (Wildman–Crippen MR) is 219 cm³/mol. The van der Waals surface area contributed by atoms with Crippen LogP contribution in [0.15, 0.2) is 91.0 Å². The van der Waals surface area contributed by atoms with Crippen LogP contribution in [-0.4, -0.2) is 50.6 Å². The van der Waals surface area contributed by atoms with Crippen molar-refractivity contribution in [2.75, 3.05) is 26.4 Å². The van der Waals surface area contributed by atoms with E-state index in [0.717, 1.165) is 76.8 Å². The number of fused-ring (bicyclic) bond motifs is 2. The van der Waals surface area contributed by atoms with Crippen LogP contribution in [0.25, 0.3) is 21.5 Å². The zero-order valence-electron chi connectivity index (χ0n) is 33.1. The predicted octanol–water partition coefficient (Wildman–Crippen LogP) is 10.8. The lowest BCUT2D eigenvalue weighted by Gasteiger charge is -2.23. The number of carbonyl (C=O) groups is 2. The van der Waals surface area contributed by atoms with E-state index in [0.29, 0.717) is 35.8 Å². The van der Waals surface area contributed by atoms with Crippen LogP contribution in [0, 0.1) is 20.8 Å². The van der Waals surface area contributed by atoms with E-state index >= 15 is 0 Å². The lowest BCUT2D eigenvalue weighted by Crippen LogP contribution is -2.31. The van der Waals surface area contributed by atoms with Gasteiger partial charge in [-0.25, -0.2) is 0 Å². The summed E-state index contributed by atoms with van der Waals surface area (Å²) < 4.78 is 37.5. The Morgan fingerprint density at radius 3 is 1.38 bits per heavy atom. The van der Waals surface area contributed by atoms with Gasteiger partial charge in [0.1, 0.15) is 49.4 Å². The van der Waals surface area contributed by atoms with Crippen LogP contribution in [0.2, 0.25) is 0 Å². The van der Waals surface area contributed by atoms with Crippen molar-refractivity contribution in [2.24, 2.45) is 0 Å². The largest absolute Gasteiger partial charge is 0.490 e. The summed E-state index contributed by atoms with van der Waals surface area (Å²) in [6.07, 6.45) is 4.89. The maximum absolute atomic E-state index is 12.9. The normalized spacial score (nSPS) is 12.2. The number of ether oxygens (including phenoxy) is 6. The fourth-order valence-electron chi connectivity index (χ4n) is 6.43. The molecule has 0 aliphatic heterocycles. The first-order valence-electron chi connectivity index (χ1n) is 19.7. The zero-order chi connectivity index (χ0) is 39.0. The first-order chi connectivity index (χ1) is 26.7. The van der Waals surface area contributed by atoms with Crippen LogP contribution in [0.3, 0.4) is 0 Å². The summed E-state index contributed by atoms with van der Waals surface area (Å²) in [5.41, 5.74) is 3.20. The van der Waals surface area contributed by atoms with Crippen LogP contribution in [-0.2, 0) is 19.1 Å². The van der Waals surface area contributed by atoms with Crippen LogP contribution < -0.4 is 18.9 Å². The molecule has 0 saturated carbocycles. The second-order valence-electron chi connectivity index (χ2n) is 14.3. The molecule has 0 amide bonds. The van der Waals surface area contributed by atoms with Gasteiger partial charge in [0, 0.05) is 34.4 Å². The Morgan fingerprint density at radius 2 is 0.909 bits per heavy atom. The molecular formula is C47H56O8. The molecule has 5 rings (SSSR count). The highest BCUT2D eigenvalue weighted by molar-refractivity contribution is 6.11. The average Bonchev–Trinajstić information content (AvgIpc) is 3.17. The lowest BCUT2D eigenvalue weighted by molar-refractivity contribution is -0.153. The number of hydrogen-bond donors (Lipinski definition) is 0. The van der Waals surface area contributed by atoms with Gasteiger partial charge in [-0.2, -0.15) is 0 Å². The third kappa shape index (κ3) is 12.4. The molecule has 5 aromatic carbocycles. The molecule has 8 nitrogen and oxygen atoms in total. The highest BCUT2D eigenvalue weighted by atomic mass is 16.6. The summed E-state index contributed by atoms with van der Waals surface area (Å²) in [5.74, 6) is 2.18. The molecule has 0 fully saturated rings. The Hall–Kier alpha value is -5.24. The van der Waals surface area contributed by atoms with Gasteiger partial charge in [-0.15, -0.1) is 0 Å². The van der Waals surface area contributed by atoms with E-state index in [4.69, 9.17) is 28.4 Å². The SMILES string of the molecule is CCCCCC(=O)OC(COc1cccc(C)c1)COc1c2ccccc2c(OCC(COc2cccc(C)c2)OC(=O)CCCCC)c2cc(C)ccc12. The monoisotopic (exact) mass is 748 g/mol. The van der Waals surface area contributed by atoms with Crippen molar-refractivity contribution in [2.45, 2.75) is 98.2 Å². The number of unbranched alkanes of at least 4 members (excludes halogenated alkanes) is 4. The average molecular weight is 749 g/mol. The zero-order valence-corrected chi connectivity index (χ0v) is 33.1. The molecule has 0 aromatic heterocycles. The number of carbonyl (C=O) groups excluding carboxylic acids is 2. The Morgan fingerprint density at radius 1 is 0.473 bits per heavy atom. The molecule has 0 aliphatic carbocycles. The van der Waals surface area contributed by atoms with Crippen LogP contribution in [0.4, 0.5) is 0 Å². The summed E-state index contributed by atoms with van der Waals surface area (Å²) >= 11 is 0. The summed E-state index contributed by atoms with van der Waals surface area (Å²) in [7, 11) is 0. The summed E-state index contributed by atoms with van der Waals surface area (Å²) in [6, 6.07) is 29.6. The maximum Gasteiger partial charge on any atom is 0.306 e. The number of aryl methyl sites for hydroxylation is 3. The van der Waals surface area contributed by atoms with Crippen molar-refractivity contribution >= 4 is 33.5 Å². The Balaban J connectivity index is 1.42. The first-order valence-corrected chi connectivity index (χ1v) is 19.7. The van der Waals surface area contributed by atoms with E-state index in [2.05, 4.69) is 19.9 Å². The Kier molecular flexibility index (Phi) is 15.6. The number of benzene rings is 5. The van der Waals surface area contributed by atoms with E-state index in [1.165, 1.54) is 0 Å². The van der Waals surface area contributed by atoms with E-state index in [1.54, 1.807) is 0 Å². The summed E-state index contributed by atoms with van der Waals surface area (Å²) in [6.45, 7) is 10.7. The van der Waals surface area contributed by atoms with Crippen molar-refractivity contribution < 1.29 is 38.0 Å². The molecule has 0 radical (unpaired) electrons. The standard InChI is InChI=1S/C47H56O8/c1-6-8-10-22-44(48)54-38(29-50-36-18-14-16-33(3)26-36)31-52-46-40-20-12-13-21-41(40)47(43-28-35(5)24-25-42(43)46)53-32-39(55-45(49)23-11-9-7-2)30-51-37-19-15-17-34(4)27-37/h12-21,24-28,38-39H,6-11,22-23,29-32H2,1-5H3. The van der Waals surface area contributed by atoms with Crippen molar-refractivity contribution in [1.82, 2.24) is 0 Å². The Bertz CT molecular complexity index is 2000. The van der Waals surface area contributed by atoms with Crippen molar-refractivity contribution in [1.29, 1.82) is 0 Å². The highest BCUT2D eigenvalue weighted by Crippen LogP contribution is 2.43. The first kappa shape index (κ1) is 40.9. The van der Waals surface area contributed by atoms with Gasteiger partial charge < -0.3 is 28.4 Å². The molecule has 0 bridgehead atoms. The van der Waals surface area contributed by atoms with E-state index < -0.39 is 12.2 Å². The quantitative estimate of drug-likeness (QED) is 0.0393. The summed E-state index contributed by atoms with van der Waals surface area (Å²) in [5, 5.41) is 3.37. The molecule has 2 atom stereocenters. The molecule has 2 unspecified atom stereocenters. The number of rotatable bonds is 22. The number of hydrogen-bond acceptors (Lipinski definition) is 8. The van der Waals surface area contributed by atoms with Gasteiger partial charge in [-0.05, 0) is 75.1 Å². The molecule has 0 saturated heterocycles. The molecule has 5 aromatic rings. The maximum atomic E-state index is 12.9. The lowest BCUT2D eigenvalue weighted by atomic mass is 9.99.